The summed E-state index contributed by atoms with van der Waals surface area (Å²) in [6.45, 7) is 6.24. The third kappa shape index (κ3) is 4.45. The summed E-state index contributed by atoms with van der Waals surface area (Å²) in [6, 6.07) is 11.3. The summed E-state index contributed by atoms with van der Waals surface area (Å²) in [5.41, 5.74) is 3.16. The zero-order valence-electron chi connectivity index (χ0n) is 15.3. The average Bonchev–Trinajstić information content (AvgIpc) is 2.97. The van der Waals surface area contributed by atoms with E-state index in [-0.39, 0.29) is 18.4 Å². The van der Waals surface area contributed by atoms with Crippen LogP contribution in [-0.4, -0.2) is 59.4 Å². The molecule has 1 aliphatic rings. The van der Waals surface area contributed by atoms with Crippen LogP contribution in [0.1, 0.15) is 17.0 Å². The topological polar surface area (TPSA) is 65.6 Å². The Morgan fingerprint density at radius 1 is 1.00 bits per heavy atom. The highest BCUT2D eigenvalue weighted by Crippen LogP contribution is 2.13. The van der Waals surface area contributed by atoms with Gasteiger partial charge in [-0.3, -0.25) is 9.59 Å². The number of hydrogen-bond donors (Lipinski definition) is 1. The van der Waals surface area contributed by atoms with E-state index < -0.39 is 0 Å². The molecule has 0 spiro atoms. The number of aromatic nitrogens is 1. The molecule has 0 unspecified atom stereocenters. The lowest BCUT2D eigenvalue weighted by Gasteiger charge is -2.34. The standard InChI is InChI=1S/C20H25N3O3/c1-15-12-17(16(2)21-15)13-19(24)22-8-10-23(11-9-22)20(25)14-26-18-6-4-3-5-7-18/h3-7,12,21H,8-11,13-14H2,1-2H3. The van der Waals surface area contributed by atoms with Crippen LogP contribution in [-0.2, 0) is 16.0 Å². The lowest BCUT2D eigenvalue weighted by molar-refractivity contribution is -0.140. The summed E-state index contributed by atoms with van der Waals surface area (Å²) < 4.78 is 5.51. The number of piperazine rings is 1. The predicted octanol–water partition coefficient (Wildman–Crippen LogP) is 1.92. The summed E-state index contributed by atoms with van der Waals surface area (Å²) in [7, 11) is 0. The van der Waals surface area contributed by atoms with Crippen LogP contribution in [0.15, 0.2) is 36.4 Å². The Bertz CT molecular complexity index is 762. The smallest absolute Gasteiger partial charge is 0.260 e. The van der Waals surface area contributed by atoms with Crippen molar-refractivity contribution in [2.24, 2.45) is 0 Å². The fraction of sp³-hybridized carbons (Fsp3) is 0.400. The Balaban J connectivity index is 1.45. The molecule has 1 N–H and O–H groups in total. The highest BCUT2D eigenvalue weighted by atomic mass is 16.5. The second-order valence-electron chi connectivity index (χ2n) is 6.64. The molecule has 0 radical (unpaired) electrons. The van der Waals surface area contributed by atoms with Gasteiger partial charge in [-0.25, -0.2) is 0 Å². The van der Waals surface area contributed by atoms with E-state index in [1.54, 1.807) is 4.90 Å². The molecule has 1 aromatic carbocycles. The number of H-pyrrole nitrogens is 1. The van der Waals surface area contributed by atoms with Crippen LogP contribution >= 0.6 is 0 Å². The molecule has 6 heteroatoms. The van der Waals surface area contributed by atoms with E-state index in [0.29, 0.717) is 38.3 Å². The molecule has 1 aromatic heterocycles. The first-order valence-corrected chi connectivity index (χ1v) is 8.91. The van der Waals surface area contributed by atoms with Crippen LogP contribution in [0.5, 0.6) is 5.75 Å². The number of nitrogens with zero attached hydrogens (tertiary/aromatic N) is 2. The molecule has 1 fully saturated rings. The van der Waals surface area contributed by atoms with E-state index in [0.717, 1.165) is 17.0 Å². The van der Waals surface area contributed by atoms with E-state index in [4.69, 9.17) is 4.74 Å². The number of aromatic amines is 1. The van der Waals surface area contributed by atoms with Crippen molar-refractivity contribution in [3.63, 3.8) is 0 Å². The first-order chi connectivity index (χ1) is 12.5. The fourth-order valence-corrected chi connectivity index (χ4v) is 3.20. The second kappa shape index (κ2) is 8.08. The molecule has 6 nitrogen and oxygen atoms in total. The molecule has 2 amide bonds. The first-order valence-electron chi connectivity index (χ1n) is 8.91. The lowest BCUT2D eigenvalue weighted by Crippen LogP contribution is -2.52. The summed E-state index contributed by atoms with van der Waals surface area (Å²) in [5, 5.41) is 0. The molecule has 3 rings (SSSR count). The molecule has 0 atom stereocenters. The number of rotatable bonds is 5. The number of nitrogens with one attached hydrogen (secondary N) is 1. The Morgan fingerprint density at radius 3 is 2.19 bits per heavy atom. The van der Waals surface area contributed by atoms with Gasteiger partial charge in [-0.1, -0.05) is 18.2 Å². The van der Waals surface area contributed by atoms with Crippen molar-refractivity contribution in [2.45, 2.75) is 20.3 Å². The van der Waals surface area contributed by atoms with Gasteiger partial charge in [-0.15, -0.1) is 0 Å². The highest BCUT2D eigenvalue weighted by molar-refractivity contribution is 5.80. The normalized spacial score (nSPS) is 14.4. The molecule has 1 saturated heterocycles. The summed E-state index contributed by atoms with van der Waals surface area (Å²) in [5.74, 6) is 0.754. The van der Waals surface area contributed by atoms with Gasteiger partial charge >= 0.3 is 0 Å². The minimum atomic E-state index is -0.0435. The Kier molecular flexibility index (Phi) is 5.61. The Morgan fingerprint density at radius 2 is 1.62 bits per heavy atom. The third-order valence-electron chi connectivity index (χ3n) is 4.69. The van der Waals surface area contributed by atoms with Crippen molar-refractivity contribution in [1.82, 2.24) is 14.8 Å². The summed E-state index contributed by atoms with van der Waals surface area (Å²) in [6.07, 6.45) is 0.404. The number of benzene rings is 1. The van der Waals surface area contributed by atoms with Gasteiger partial charge in [0.2, 0.25) is 5.91 Å². The number of ether oxygens (including phenoxy) is 1. The van der Waals surface area contributed by atoms with Crippen LogP contribution < -0.4 is 4.74 Å². The van der Waals surface area contributed by atoms with Crippen molar-refractivity contribution in [3.8, 4) is 5.75 Å². The second-order valence-corrected chi connectivity index (χ2v) is 6.64. The van der Waals surface area contributed by atoms with Crippen molar-refractivity contribution in [2.75, 3.05) is 32.8 Å². The Hall–Kier alpha value is -2.76. The van der Waals surface area contributed by atoms with Gasteiger partial charge in [-0.05, 0) is 37.6 Å². The van der Waals surface area contributed by atoms with E-state index >= 15 is 0 Å². The predicted molar refractivity (Wildman–Crippen MR) is 99.1 cm³/mol. The number of carbonyl (C=O) groups excluding carboxylic acids is 2. The molecule has 1 aliphatic heterocycles. The number of hydrogen-bond acceptors (Lipinski definition) is 3. The van der Waals surface area contributed by atoms with Crippen molar-refractivity contribution in [3.05, 3.63) is 53.3 Å². The van der Waals surface area contributed by atoms with Gasteiger partial charge in [-0.2, -0.15) is 0 Å². The molecule has 0 aliphatic carbocycles. The number of carbonyl (C=O) groups is 2. The van der Waals surface area contributed by atoms with E-state index in [9.17, 15) is 9.59 Å². The van der Waals surface area contributed by atoms with Crippen molar-refractivity contribution >= 4 is 11.8 Å². The van der Waals surface area contributed by atoms with Crippen molar-refractivity contribution < 1.29 is 14.3 Å². The van der Waals surface area contributed by atoms with Crippen LogP contribution in [0.4, 0.5) is 0 Å². The van der Waals surface area contributed by atoms with Gasteiger partial charge in [0.15, 0.2) is 6.61 Å². The monoisotopic (exact) mass is 355 g/mol. The molecule has 138 valence electrons. The molecule has 2 heterocycles. The number of amides is 2. The van der Waals surface area contributed by atoms with E-state index in [2.05, 4.69) is 4.98 Å². The molecule has 26 heavy (non-hydrogen) atoms. The minimum absolute atomic E-state index is 0.0276. The van der Waals surface area contributed by atoms with Gasteiger partial charge in [0.05, 0.1) is 6.42 Å². The molecular weight excluding hydrogens is 330 g/mol. The zero-order valence-corrected chi connectivity index (χ0v) is 15.3. The number of para-hydroxylation sites is 1. The average molecular weight is 355 g/mol. The van der Waals surface area contributed by atoms with Crippen LogP contribution in [0.25, 0.3) is 0 Å². The highest BCUT2D eigenvalue weighted by Gasteiger charge is 2.24. The maximum atomic E-state index is 12.5. The van der Waals surface area contributed by atoms with Crippen LogP contribution in [0, 0.1) is 13.8 Å². The third-order valence-corrected chi connectivity index (χ3v) is 4.69. The lowest BCUT2D eigenvalue weighted by atomic mass is 10.1. The van der Waals surface area contributed by atoms with Gasteiger partial charge in [0, 0.05) is 37.6 Å². The van der Waals surface area contributed by atoms with Gasteiger partial charge in [0.1, 0.15) is 5.75 Å². The summed E-state index contributed by atoms with van der Waals surface area (Å²) >= 11 is 0. The van der Waals surface area contributed by atoms with Gasteiger partial charge < -0.3 is 19.5 Å². The quantitative estimate of drug-likeness (QED) is 0.891. The maximum Gasteiger partial charge on any atom is 0.260 e. The first kappa shape index (κ1) is 18.0. The molecule has 0 bridgehead atoms. The number of aryl methyl sites for hydroxylation is 2. The van der Waals surface area contributed by atoms with E-state index in [1.165, 1.54) is 0 Å². The largest absolute Gasteiger partial charge is 0.484 e. The zero-order chi connectivity index (χ0) is 18.5. The Labute approximate surface area is 153 Å². The molecular formula is C20H25N3O3. The van der Waals surface area contributed by atoms with Gasteiger partial charge in [0.25, 0.3) is 5.91 Å². The van der Waals surface area contributed by atoms with Crippen LogP contribution in [0.3, 0.4) is 0 Å². The van der Waals surface area contributed by atoms with Crippen LogP contribution in [0.2, 0.25) is 0 Å². The molecule has 0 saturated carbocycles. The summed E-state index contributed by atoms with van der Waals surface area (Å²) in [4.78, 5) is 31.6. The minimum Gasteiger partial charge on any atom is -0.484 e. The maximum absolute atomic E-state index is 12.5. The fourth-order valence-electron chi connectivity index (χ4n) is 3.20. The van der Waals surface area contributed by atoms with Crippen molar-refractivity contribution in [1.29, 1.82) is 0 Å². The van der Waals surface area contributed by atoms with E-state index in [1.807, 2.05) is 55.1 Å². The SMILES string of the molecule is Cc1cc(CC(=O)N2CCN(C(=O)COc3ccccc3)CC2)c(C)[nH]1. The molecule has 2 aromatic rings.